The number of halogens is 3. The lowest BCUT2D eigenvalue weighted by atomic mass is 9.91. The largest absolute Gasteiger partial charge is 0.406 e. The van der Waals surface area contributed by atoms with E-state index in [-0.39, 0.29) is 37.5 Å². The van der Waals surface area contributed by atoms with Crippen LogP contribution < -0.4 is 11.1 Å². The Morgan fingerprint density at radius 2 is 2.10 bits per heavy atom. The third-order valence-electron chi connectivity index (χ3n) is 3.38. The van der Waals surface area contributed by atoms with Crippen LogP contribution in [0.2, 0.25) is 0 Å². The highest BCUT2D eigenvalue weighted by atomic mass is 79.9. The second-order valence-electron chi connectivity index (χ2n) is 4.58. The number of nitrogen functional groups attached to an aromatic ring is 1. The maximum absolute atomic E-state index is 9.49. The zero-order valence-corrected chi connectivity index (χ0v) is 14.0. The highest BCUT2D eigenvalue weighted by Crippen LogP contribution is 2.34. The Labute approximate surface area is 139 Å². The number of hydrogen-bond acceptors (Lipinski definition) is 3. The first kappa shape index (κ1) is 19.5. The van der Waals surface area contributed by atoms with Crippen molar-refractivity contribution in [3.8, 4) is 0 Å². The van der Waals surface area contributed by atoms with Crippen LogP contribution in [0.15, 0.2) is 16.6 Å². The van der Waals surface area contributed by atoms with E-state index in [1.54, 1.807) is 6.07 Å². The van der Waals surface area contributed by atoms with Gasteiger partial charge >= 0.3 is 0 Å². The number of benzene rings is 1. The van der Waals surface area contributed by atoms with Crippen molar-refractivity contribution in [2.75, 3.05) is 12.3 Å². The molecule has 0 heterocycles. The summed E-state index contributed by atoms with van der Waals surface area (Å²) in [4.78, 5) is 3.41. The quantitative estimate of drug-likeness (QED) is 0.550. The third kappa shape index (κ3) is 4.24. The van der Waals surface area contributed by atoms with Crippen molar-refractivity contribution in [2.24, 2.45) is 0 Å². The lowest BCUT2D eigenvalue weighted by Gasteiger charge is -2.31. The van der Waals surface area contributed by atoms with E-state index in [4.69, 9.17) is 12.3 Å². The maximum atomic E-state index is 9.49. The van der Waals surface area contributed by atoms with Crippen molar-refractivity contribution in [1.82, 2.24) is 5.32 Å². The van der Waals surface area contributed by atoms with Crippen molar-refractivity contribution in [3.63, 3.8) is 0 Å². The van der Waals surface area contributed by atoms with E-state index in [1.807, 2.05) is 6.07 Å². The molecule has 20 heavy (non-hydrogen) atoms. The van der Waals surface area contributed by atoms with E-state index in [0.717, 1.165) is 18.4 Å². The first-order chi connectivity index (χ1) is 8.65. The highest BCUT2D eigenvalue weighted by Gasteiger charge is 2.22. The number of aliphatic hydroxyl groups is 1. The van der Waals surface area contributed by atoms with Crippen molar-refractivity contribution < 1.29 is 5.11 Å². The highest BCUT2D eigenvalue weighted by molar-refractivity contribution is 9.10. The van der Waals surface area contributed by atoms with E-state index in [9.17, 15) is 5.11 Å². The summed E-state index contributed by atoms with van der Waals surface area (Å²) in [7, 11) is 0. The number of nitrogens with zero attached hydrogens (tertiary/aromatic N) is 1. The summed E-state index contributed by atoms with van der Waals surface area (Å²) < 4.78 is 0.708. The molecular formula is C13H18BrCl2N3O. The molecule has 0 radical (unpaired) electrons. The predicted molar refractivity (Wildman–Crippen MR) is 89.9 cm³/mol. The Kier molecular flexibility index (Phi) is 8.48. The average Bonchev–Trinajstić information content (AvgIpc) is 2.31. The molecule has 0 bridgehead atoms. The van der Waals surface area contributed by atoms with Gasteiger partial charge in [-0.3, -0.25) is 0 Å². The van der Waals surface area contributed by atoms with Gasteiger partial charge in [0.15, 0.2) is 0 Å². The van der Waals surface area contributed by atoms with Crippen LogP contribution in [0, 0.1) is 6.57 Å². The van der Waals surface area contributed by atoms with Gasteiger partial charge in [0.05, 0.1) is 24.9 Å². The molecular weight excluding hydrogens is 365 g/mol. The first-order valence-corrected chi connectivity index (χ1v) is 6.78. The molecule has 4 nitrogen and oxygen atoms in total. The van der Waals surface area contributed by atoms with Crippen LogP contribution in [-0.4, -0.2) is 17.8 Å². The molecule has 1 unspecified atom stereocenters. The van der Waals surface area contributed by atoms with Crippen LogP contribution in [0.3, 0.4) is 0 Å². The maximum Gasteiger partial charge on any atom is 0.210 e. The van der Waals surface area contributed by atoms with E-state index in [1.165, 1.54) is 6.42 Å². The van der Waals surface area contributed by atoms with Gasteiger partial charge in [0.2, 0.25) is 5.69 Å². The fraction of sp³-hybridized carbons (Fsp3) is 0.462. The van der Waals surface area contributed by atoms with Crippen LogP contribution in [-0.2, 0) is 0 Å². The average molecular weight is 383 g/mol. The molecule has 1 aromatic rings. The third-order valence-corrected chi connectivity index (χ3v) is 4.03. The molecule has 1 aliphatic rings. The summed E-state index contributed by atoms with van der Waals surface area (Å²) in [5.41, 5.74) is 7.58. The number of nitrogens with one attached hydrogen (secondary N) is 1. The van der Waals surface area contributed by atoms with Crippen molar-refractivity contribution in [3.05, 3.63) is 33.6 Å². The van der Waals surface area contributed by atoms with Gasteiger partial charge in [-0.1, -0.05) is 22.4 Å². The molecule has 7 heteroatoms. The molecule has 4 N–H and O–H groups in total. The Bertz CT molecular complexity index is 489. The smallest absolute Gasteiger partial charge is 0.210 e. The molecule has 0 saturated heterocycles. The Morgan fingerprint density at radius 1 is 1.45 bits per heavy atom. The van der Waals surface area contributed by atoms with Crippen LogP contribution in [0.1, 0.15) is 30.9 Å². The van der Waals surface area contributed by atoms with Crippen molar-refractivity contribution >= 4 is 52.1 Å². The van der Waals surface area contributed by atoms with Gasteiger partial charge in [-0.05, 0) is 30.5 Å². The Hall–Kier alpha value is -0.510. The first-order valence-electron chi connectivity index (χ1n) is 5.99. The lowest BCUT2D eigenvalue weighted by Crippen LogP contribution is -2.39. The molecule has 1 aromatic carbocycles. The van der Waals surface area contributed by atoms with Gasteiger partial charge in [-0.2, -0.15) is 0 Å². The normalized spacial score (nSPS) is 15.2. The van der Waals surface area contributed by atoms with Crippen LogP contribution in [0.5, 0.6) is 0 Å². The number of rotatable bonds is 4. The van der Waals surface area contributed by atoms with Gasteiger partial charge in [0, 0.05) is 10.5 Å². The van der Waals surface area contributed by atoms with Gasteiger partial charge in [0.1, 0.15) is 0 Å². The van der Waals surface area contributed by atoms with Gasteiger partial charge in [-0.25, -0.2) is 4.85 Å². The van der Waals surface area contributed by atoms with E-state index >= 15 is 0 Å². The minimum atomic E-state index is -0.132. The fourth-order valence-electron chi connectivity index (χ4n) is 2.03. The van der Waals surface area contributed by atoms with Gasteiger partial charge < -0.3 is 16.2 Å². The van der Waals surface area contributed by atoms with E-state index in [0.29, 0.717) is 21.9 Å². The summed E-state index contributed by atoms with van der Waals surface area (Å²) in [5, 5.41) is 12.9. The number of aliphatic hydroxyl groups excluding tert-OH is 1. The number of nitrogens with two attached hydrogens (primary N) is 1. The minimum absolute atomic E-state index is 0. The molecule has 0 spiro atoms. The molecule has 1 fully saturated rings. The monoisotopic (exact) mass is 381 g/mol. The zero-order valence-electron chi connectivity index (χ0n) is 10.8. The second kappa shape index (κ2) is 8.71. The van der Waals surface area contributed by atoms with Crippen LogP contribution in [0.25, 0.3) is 4.85 Å². The summed E-state index contributed by atoms with van der Waals surface area (Å²) in [6.45, 7) is 7.12. The molecule has 112 valence electrons. The Balaban J connectivity index is 0.00000180. The standard InChI is InChI=1S/C13H16BrN3O.2ClH/c1-16-11-6-8(5-10(14)13(11)15)12(7-18)17-9-3-2-4-9;;/h5-6,9,12,17-18H,2-4,7,15H2;2*1H. The molecule has 0 amide bonds. The SMILES string of the molecule is Cl.Cl.[C-]#[N+]c1cc(C(CO)NC2CCC2)cc(Br)c1N. The molecule has 2 rings (SSSR count). The summed E-state index contributed by atoms with van der Waals surface area (Å²) in [5.74, 6) is 0. The summed E-state index contributed by atoms with van der Waals surface area (Å²) in [6, 6.07) is 3.97. The molecule has 0 aliphatic heterocycles. The number of anilines is 1. The predicted octanol–water partition coefficient (Wildman–Crippen LogP) is 3.60. The molecule has 1 atom stereocenters. The number of hydrogen-bond donors (Lipinski definition) is 3. The zero-order chi connectivity index (χ0) is 13.1. The van der Waals surface area contributed by atoms with Crippen LogP contribution in [0.4, 0.5) is 11.4 Å². The van der Waals surface area contributed by atoms with Gasteiger partial charge in [0.25, 0.3) is 0 Å². The molecule has 1 aliphatic carbocycles. The van der Waals surface area contributed by atoms with Crippen molar-refractivity contribution in [2.45, 2.75) is 31.3 Å². The summed E-state index contributed by atoms with van der Waals surface area (Å²) in [6.07, 6.45) is 3.55. The minimum Gasteiger partial charge on any atom is -0.406 e. The van der Waals surface area contributed by atoms with Gasteiger partial charge in [-0.15, -0.1) is 24.8 Å². The van der Waals surface area contributed by atoms with E-state index in [2.05, 4.69) is 26.1 Å². The fourth-order valence-corrected chi connectivity index (χ4v) is 2.50. The Morgan fingerprint density at radius 3 is 2.55 bits per heavy atom. The summed E-state index contributed by atoms with van der Waals surface area (Å²) >= 11 is 3.35. The van der Waals surface area contributed by atoms with Crippen molar-refractivity contribution in [1.29, 1.82) is 0 Å². The molecule has 0 aromatic heterocycles. The lowest BCUT2D eigenvalue weighted by molar-refractivity contribution is 0.209. The van der Waals surface area contributed by atoms with E-state index < -0.39 is 0 Å². The molecule has 1 saturated carbocycles. The van der Waals surface area contributed by atoms with Crippen LogP contribution >= 0.6 is 40.7 Å². The topological polar surface area (TPSA) is 62.6 Å². The second-order valence-corrected chi connectivity index (χ2v) is 5.43.